The summed E-state index contributed by atoms with van der Waals surface area (Å²) in [6.45, 7) is 4.12. The molecule has 5 heteroatoms. The summed E-state index contributed by atoms with van der Waals surface area (Å²) in [7, 11) is 0. The van der Waals surface area contributed by atoms with E-state index >= 15 is 0 Å². The Morgan fingerprint density at radius 1 is 1.50 bits per heavy atom. The largest absolute Gasteiger partial charge is 0.491 e. The molecule has 1 N–H and O–H groups in total. The highest BCUT2D eigenvalue weighted by Gasteiger charge is 2.35. The Hall–Kier alpha value is -1.26. The van der Waals surface area contributed by atoms with Gasteiger partial charge >= 0.3 is 5.97 Å². The lowest BCUT2D eigenvalue weighted by Crippen LogP contribution is -2.44. The lowest BCUT2D eigenvalue weighted by Gasteiger charge is -2.37. The molecule has 0 amide bonds. The third-order valence-electron chi connectivity index (χ3n) is 4.45. The van der Waals surface area contributed by atoms with Crippen LogP contribution in [0.15, 0.2) is 18.2 Å². The minimum absolute atomic E-state index is 0.0570. The zero-order chi connectivity index (χ0) is 15.7. The van der Waals surface area contributed by atoms with E-state index in [1.165, 1.54) is 0 Å². The van der Waals surface area contributed by atoms with Gasteiger partial charge in [0.1, 0.15) is 5.75 Å². The first-order chi connectivity index (χ1) is 10.5. The Labute approximate surface area is 135 Å². The molecule has 0 radical (unpaired) electrons. The van der Waals surface area contributed by atoms with E-state index in [9.17, 15) is 4.79 Å². The summed E-state index contributed by atoms with van der Waals surface area (Å²) >= 11 is 6.32. The Morgan fingerprint density at radius 3 is 2.73 bits per heavy atom. The molecule has 1 aliphatic carbocycles. The van der Waals surface area contributed by atoms with Crippen LogP contribution in [-0.2, 0) is 9.53 Å². The summed E-state index contributed by atoms with van der Waals surface area (Å²) in [5.74, 6) is 0.432. The van der Waals surface area contributed by atoms with Crippen LogP contribution >= 0.6 is 11.6 Å². The zero-order valence-electron chi connectivity index (χ0n) is 12.7. The lowest BCUT2D eigenvalue weighted by molar-refractivity contribution is -0.137. The van der Waals surface area contributed by atoms with Gasteiger partial charge in [-0.05, 0) is 42.4 Å². The van der Waals surface area contributed by atoms with E-state index < -0.39 is 5.97 Å². The number of benzene rings is 1. The molecule has 1 heterocycles. The number of hydrogen-bond acceptors (Lipinski definition) is 3. The predicted octanol–water partition coefficient (Wildman–Crippen LogP) is 3.72. The summed E-state index contributed by atoms with van der Waals surface area (Å²) in [6.07, 6.45) is 2.37. The van der Waals surface area contributed by atoms with Crippen LogP contribution in [0.25, 0.3) is 0 Å². The number of carbonyl (C=O) groups is 1. The van der Waals surface area contributed by atoms with E-state index in [-0.39, 0.29) is 17.8 Å². The maximum absolute atomic E-state index is 11.0. The molecule has 2 fully saturated rings. The van der Waals surface area contributed by atoms with Crippen LogP contribution in [0.3, 0.4) is 0 Å². The van der Waals surface area contributed by atoms with Crippen LogP contribution in [-0.4, -0.2) is 30.9 Å². The van der Waals surface area contributed by atoms with E-state index in [1.54, 1.807) is 0 Å². The van der Waals surface area contributed by atoms with Crippen molar-refractivity contribution in [2.24, 2.45) is 11.3 Å². The second kappa shape index (κ2) is 6.09. The molecule has 22 heavy (non-hydrogen) atoms. The number of hydrogen-bond donors (Lipinski definition) is 1. The molecule has 2 aliphatic rings. The predicted molar refractivity (Wildman–Crippen MR) is 83.6 cm³/mol. The van der Waals surface area contributed by atoms with E-state index in [1.807, 2.05) is 18.2 Å². The number of carboxylic acid groups (broad SMARTS) is 1. The molecule has 0 spiro atoms. The Morgan fingerprint density at radius 2 is 2.23 bits per heavy atom. The minimum atomic E-state index is -0.758. The van der Waals surface area contributed by atoms with Crippen molar-refractivity contribution in [3.8, 4) is 5.75 Å². The maximum Gasteiger partial charge on any atom is 0.303 e. The van der Waals surface area contributed by atoms with Gasteiger partial charge in [0.05, 0.1) is 31.3 Å². The SMILES string of the molecule is CC1(COc2ccc(C(CC(=O)O)C3CC3)cc2Cl)COC1. The van der Waals surface area contributed by atoms with Crippen molar-refractivity contribution in [3.05, 3.63) is 28.8 Å². The number of halogens is 1. The first-order valence-corrected chi connectivity index (χ1v) is 8.06. The Balaban J connectivity index is 1.69. The highest BCUT2D eigenvalue weighted by molar-refractivity contribution is 6.32. The van der Waals surface area contributed by atoms with Crippen LogP contribution in [0.4, 0.5) is 0 Å². The third kappa shape index (κ3) is 3.55. The maximum atomic E-state index is 11.0. The molecule has 1 aromatic rings. The van der Waals surface area contributed by atoms with Gasteiger partial charge in [0.15, 0.2) is 0 Å². The first kappa shape index (κ1) is 15.6. The normalized spacial score (nSPS) is 21.0. The number of rotatable bonds is 7. The standard InChI is InChI=1S/C17H21ClO4/c1-17(8-21-9-17)10-22-15-5-4-12(6-14(15)18)13(7-16(19)20)11-2-3-11/h4-6,11,13H,2-3,7-10H2,1H3,(H,19,20). The fourth-order valence-corrected chi connectivity index (χ4v) is 3.14. The van der Waals surface area contributed by atoms with E-state index in [0.29, 0.717) is 36.5 Å². The molecule has 120 valence electrons. The topological polar surface area (TPSA) is 55.8 Å². The van der Waals surface area contributed by atoms with Crippen molar-refractivity contribution in [2.45, 2.75) is 32.1 Å². The molecule has 3 rings (SSSR count). The van der Waals surface area contributed by atoms with Crippen molar-refractivity contribution in [1.29, 1.82) is 0 Å². The highest BCUT2D eigenvalue weighted by atomic mass is 35.5. The molecular formula is C17H21ClO4. The Bertz CT molecular complexity index is 564. The van der Waals surface area contributed by atoms with Gasteiger partial charge in [0.25, 0.3) is 0 Å². The van der Waals surface area contributed by atoms with E-state index in [0.717, 1.165) is 18.4 Å². The van der Waals surface area contributed by atoms with Gasteiger partial charge in [-0.25, -0.2) is 0 Å². The number of ether oxygens (including phenoxy) is 2. The van der Waals surface area contributed by atoms with Crippen molar-refractivity contribution >= 4 is 17.6 Å². The highest BCUT2D eigenvalue weighted by Crippen LogP contribution is 2.45. The molecular weight excluding hydrogens is 304 g/mol. The fraction of sp³-hybridized carbons (Fsp3) is 0.588. The summed E-state index contributed by atoms with van der Waals surface area (Å²) < 4.78 is 11.0. The number of aliphatic carboxylic acids is 1. The van der Waals surface area contributed by atoms with E-state index in [4.69, 9.17) is 26.2 Å². The van der Waals surface area contributed by atoms with E-state index in [2.05, 4.69) is 6.92 Å². The summed E-state index contributed by atoms with van der Waals surface area (Å²) in [5, 5.41) is 9.64. The van der Waals surface area contributed by atoms with Crippen LogP contribution < -0.4 is 4.74 Å². The molecule has 1 saturated heterocycles. The van der Waals surface area contributed by atoms with Crippen molar-refractivity contribution in [1.82, 2.24) is 0 Å². The third-order valence-corrected chi connectivity index (χ3v) is 4.74. The van der Waals surface area contributed by atoms with Crippen molar-refractivity contribution in [3.63, 3.8) is 0 Å². The number of carboxylic acids is 1. The fourth-order valence-electron chi connectivity index (χ4n) is 2.89. The molecule has 1 unspecified atom stereocenters. The van der Waals surface area contributed by atoms with Gasteiger partial charge < -0.3 is 14.6 Å². The van der Waals surface area contributed by atoms with Crippen LogP contribution in [0, 0.1) is 11.3 Å². The Kier molecular flexibility index (Phi) is 4.33. The van der Waals surface area contributed by atoms with Gasteiger partial charge in [-0.2, -0.15) is 0 Å². The summed E-state index contributed by atoms with van der Waals surface area (Å²) in [4.78, 5) is 11.0. The minimum Gasteiger partial charge on any atom is -0.491 e. The van der Waals surface area contributed by atoms with Gasteiger partial charge in [0.2, 0.25) is 0 Å². The summed E-state index contributed by atoms with van der Waals surface area (Å²) in [5.41, 5.74) is 1.07. The van der Waals surface area contributed by atoms with Gasteiger partial charge in [-0.15, -0.1) is 0 Å². The smallest absolute Gasteiger partial charge is 0.303 e. The van der Waals surface area contributed by atoms with Crippen molar-refractivity contribution < 1.29 is 19.4 Å². The molecule has 1 aromatic carbocycles. The average Bonchev–Trinajstić information content (AvgIpc) is 3.25. The lowest BCUT2D eigenvalue weighted by atomic mass is 9.90. The van der Waals surface area contributed by atoms with Crippen LogP contribution in [0.5, 0.6) is 5.75 Å². The van der Waals surface area contributed by atoms with Gasteiger partial charge in [-0.1, -0.05) is 24.6 Å². The monoisotopic (exact) mass is 324 g/mol. The summed E-state index contributed by atoms with van der Waals surface area (Å²) in [6, 6.07) is 5.67. The second-order valence-electron chi connectivity index (χ2n) is 6.82. The van der Waals surface area contributed by atoms with Gasteiger partial charge in [0, 0.05) is 5.41 Å². The molecule has 4 nitrogen and oxygen atoms in total. The molecule has 1 aliphatic heterocycles. The van der Waals surface area contributed by atoms with Gasteiger partial charge in [-0.3, -0.25) is 4.79 Å². The quantitative estimate of drug-likeness (QED) is 0.830. The zero-order valence-corrected chi connectivity index (χ0v) is 13.4. The first-order valence-electron chi connectivity index (χ1n) is 7.69. The second-order valence-corrected chi connectivity index (χ2v) is 7.23. The molecule has 1 saturated carbocycles. The van der Waals surface area contributed by atoms with Crippen LogP contribution in [0.1, 0.15) is 37.7 Å². The average molecular weight is 325 g/mol. The molecule has 0 aromatic heterocycles. The molecule has 1 atom stereocenters. The van der Waals surface area contributed by atoms with Crippen molar-refractivity contribution in [2.75, 3.05) is 19.8 Å². The molecule has 0 bridgehead atoms. The van der Waals surface area contributed by atoms with Crippen LogP contribution in [0.2, 0.25) is 5.02 Å².